The van der Waals surface area contributed by atoms with Crippen LogP contribution in [0.4, 0.5) is 0 Å². The van der Waals surface area contributed by atoms with Crippen LogP contribution in [0, 0.1) is 0 Å². The quantitative estimate of drug-likeness (QED) is 0.855. The van der Waals surface area contributed by atoms with Crippen LogP contribution in [0.3, 0.4) is 0 Å². The van der Waals surface area contributed by atoms with Crippen LogP contribution in [0.1, 0.15) is 45.2 Å². The van der Waals surface area contributed by atoms with Gasteiger partial charge in [0.1, 0.15) is 0 Å². The highest BCUT2D eigenvalue weighted by Gasteiger charge is 2.30. The van der Waals surface area contributed by atoms with Crippen molar-refractivity contribution in [2.75, 3.05) is 13.1 Å². The summed E-state index contributed by atoms with van der Waals surface area (Å²) in [6.45, 7) is 7.34. The van der Waals surface area contributed by atoms with Gasteiger partial charge in [0.15, 0.2) is 0 Å². The zero-order valence-electron chi connectivity index (χ0n) is 14.4. The van der Waals surface area contributed by atoms with E-state index in [1.807, 2.05) is 12.1 Å². The standard InChI is InChI=1S/C17H24N4O2S/c1-17(2,3)14-4-6-16(7-5-14)24(22,23)20-12-8-15(9-13-20)21-18-10-11-19-21/h4-7,10-11,15H,8-9,12-13H2,1-3H3. The average molecular weight is 348 g/mol. The van der Waals surface area contributed by atoms with Crippen molar-refractivity contribution in [1.29, 1.82) is 0 Å². The molecule has 1 fully saturated rings. The van der Waals surface area contributed by atoms with E-state index in [9.17, 15) is 8.42 Å². The first-order valence-electron chi connectivity index (χ1n) is 8.25. The van der Waals surface area contributed by atoms with Crippen LogP contribution in [0.15, 0.2) is 41.6 Å². The first-order chi connectivity index (χ1) is 11.3. The maximum atomic E-state index is 12.8. The van der Waals surface area contributed by atoms with Crippen LogP contribution in [-0.2, 0) is 15.4 Å². The van der Waals surface area contributed by atoms with Crippen molar-refractivity contribution in [2.24, 2.45) is 0 Å². The van der Waals surface area contributed by atoms with E-state index >= 15 is 0 Å². The Bertz CT molecular complexity index is 769. The van der Waals surface area contributed by atoms with E-state index in [1.165, 1.54) is 0 Å². The smallest absolute Gasteiger partial charge is 0.207 e. The van der Waals surface area contributed by atoms with Crippen LogP contribution in [0.2, 0.25) is 0 Å². The summed E-state index contributed by atoms with van der Waals surface area (Å²) in [4.78, 5) is 2.05. The molecule has 0 N–H and O–H groups in total. The van der Waals surface area contributed by atoms with Crippen LogP contribution in [0.5, 0.6) is 0 Å². The third-order valence-corrected chi connectivity index (χ3v) is 6.46. The number of hydrogen-bond donors (Lipinski definition) is 0. The normalized spacial score (nSPS) is 18.0. The minimum Gasteiger partial charge on any atom is -0.207 e. The summed E-state index contributed by atoms with van der Waals surface area (Å²) in [5, 5.41) is 8.31. The summed E-state index contributed by atoms with van der Waals surface area (Å²) in [6, 6.07) is 7.43. The zero-order chi connectivity index (χ0) is 17.4. The lowest BCUT2D eigenvalue weighted by Gasteiger charge is -2.30. The average Bonchev–Trinajstić information content (AvgIpc) is 3.09. The van der Waals surface area contributed by atoms with Gasteiger partial charge in [-0.2, -0.15) is 19.3 Å². The molecule has 0 radical (unpaired) electrons. The topological polar surface area (TPSA) is 68.1 Å². The van der Waals surface area contributed by atoms with E-state index in [4.69, 9.17) is 0 Å². The van der Waals surface area contributed by atoms with Crippen molar-refractivity contribution >= 4 is 10.0 Å². The minimum atomic E-state index is -3.43. The van der Waals surface area contributed by atoms with E-state index in [-0.39, 0.29) is 11.5 Å². The van der Waals surface area contributed by atoms with E-state index in [0.29, 0.717) is 18.0 Å². The Labute approximate surface area is 143 Å². The zero-order valence-corrected chi connectivity index (χ0v) is 15.2. The Kier molecular flexibility index (Phi) is 4.48. The van der Waals surface area contributed by atoms with Gasteiger partial charge in [0, 0.05) is 13.1 Å². The molecule has 0 spiro atoms. The van der Waals surface area contributed by atoms with Gasteiger partial charge in [0.2, 0.25) is 10.0 Å². The maximum Gasteiger partial charge on any atom is 0.243 e. The Hall–Kier alpha value is -1.73. The molecule has 7 heteroatoms. The van der Waals surface area contributed by atoms with Crippen molar-refractivity contribution in [3.05, 3.63) is 42.2 Å². The third-order valence-electron chi connectivity index (χ3n) is 4.54. The number of sulfonamides is 1. The van der Waals surface area contributed by atoms with Crippen molar-refractivity contribution in [1.82, 2.24) is 19.3 Å². The molecule has 3 rings (SSSR count). The Morgan fingerprint density at radius 2 is 1.54 bits per heavy atom. The van der Waals surface area contributed by atoms with Crippen molar-refractivity contribution in [2.45, 2.75) is 50.0 Å². The van der Waals surface area contributed by atoms with Gasteiger partial charge in [-0.05, 0) is 36.0 Å². The summed E-state index contributed by atoms with van der Waals surface area (Å²) in [5.74, 6) is 0. The Balaban J connectivity index is 1.72. The number of benzene rings is 1. The SMILES string of the molecule is CC(C)(C)c1ccc(S(=O)(=O)N2CCC(n3nccn3)CC2)cc1. The molecule has 1 saturated heterocycles. The highest BCUT2D eigenvalue weighted by Crippen LogP contribution is 2.28. The van der Waals surface area contributed by atoms with Crippen LogP contribution in [-0.4, -0.2) is 40.8 Å². The van der Waals surface area contributed by atoms with E-state index in [1.54, 1.807) is 33.6 Å². The first-order valence-corrected chi connectivity index (χ1v) is 9.69. The molecule has 0 unspecified atom stereocenters. The molecule has 0 bridgehead atoms. The van der Waals surface area contributed by atoms with E-state index < -0.39 is 10.0 Å². The van der Waals surface area contributed by atoms with Gasteiger partial charge >= 0.3 is 0 Å². The van der Waals surface area contributed by atoms with Gasteiger partial charge in [-0.3, -0.25) is 0 Å². The number of rotatable bonds is 3. The molecule has 1 aromatic heterocycles. The van der Waals surface area contributed by atoms with Crippen LogP contribution < -0.4 is 0 Å². The molecule has 1 aliphatic rings. The Morgan fingerprint density at radius 1 is 1.00 bits per heavy atom. The molecule has 0 atom stereocenters. The molecule has 24 heavy (non-hydrogen) atoms. The van der Waals surface area contributed by atoms with Gasteiger partial charge in [-0.25, -0.2) is 8.42 Å². The Morgan fingerprint density at radius 3 is 2.04 bits per heavy atom. The van der Waals surface area contributed by atoms with Gasteiger partial charge in [-0.15, -0.1) is 0 Å². The molecule has 130 valence electrons. The van der Waals surface area contributed by atoms with Gasteiger partial charge in [-0.1, -0.05) is 32.9 Å². The lowest BCUT2D eigenvalue weighted by atomic mass is 9.87. The predicted molar refractivity (Wildman–Crippen MR) is 92.2 cm³/mol. The fourth-order valence-corrected chi connectivity index (χ4v) is 4.47. The largest absolute Gasteiger partial charge is 0.243 e. The van der Waals surface area contributed by atoms with Crippen molar-refractivity contribution in [3.8, 4) is 0 Å². The summed E-state index contributed by atoms with van der Waals surface area (Å²) in [7, 11) is -3.43. The molecule has 0 saturated carbocycles. The molecule has 6 nitrogen and oxygen atoms in total. The molecule has 1 aromatic carbocycles. The third kappa shape index (κ3) is 3.37. The van der Waals surface area contributed by atoms with Crippen molar-refractivity contribution < 1.29 is 8.42 Å². The molecule has 0 aliphatic carbocycles. The fourth-order valence-electron chi connectivity index (χ4n) is 3.00. The lowest BCUT2D eigenvalue weighted by Crippen LogP contribution is -2.39. The molecule has 2 aromatic rings. The molecule has 2 heterocycles. The molecular formula is C17H24N4O2S. The number of piperidine rings is 1. The van der Waals surface area contributed by atoms with E-state index in [0.717, 1.165) is 18.4 Å². The highest BCUT2D eigenvalue weighted by molar-refractivity contribution is 7.89. The van der Waals surface area contributed by atoms with Crippen LogP contribution >= 0.6 is 0 Å². The number of nitrogens with zero attached hydrogens (tertiary/aromatic N) is 4. The number of hydrogen-bond acceptors (Lipinski definition) is 4. The van der Waals surface area contributed by atoms with E-state index in [2.05, 4.69) is 31.0 Å². The summed E-state index contributed by atoms with van der Waals surface area (Å²) < 4.78 is 27.2. The van der Waals surface area contributed by atoms with Gasteiger partial charge in [0.25, 0.3) is 0 Å². The monoisotopic (exact) mass is 348 g/mol. The summed E-state index contributed by atoms with van der Waals surface area (Å²) >= 11 is 0. The maximum absolute atomic E-state index is 12.8. The minimum absolute atomic E-state index is 0.0113. The summed E-state index contributed by atoms with van der Waals surface area (Å²) in [5.41, 5.74) is 1.14. The molecule has 1 aliphatic heterocycles. The van der Waals surface area contributed by atoms with Crippen molar-refractivity contribution in [3.63, 3.8) is 0 Å². The number of aromatic nitrogens is 3. The molecular weight excluding hydrogens is 324 g/mol. The van der Waals surface area contributed by atoms with Gasteiger partial charge in [0.05, 0.1) is 23.3 Å². The first kappa shape index (κ1) is 17.1. The van der Waals surface area contributed by atoms with Gasteiger partial charge < -0.3 is 0 Å². The fraction of sp³-hybridized carbons (Fsp3) is 0.529. The highest BCUT2D eigenvalue weighted by atomic mass is 32.2. The second-order valence-corrected chi connectivity index (χ2v) is 9.20. The molecule has 0 amide bonds. The summed E-state index contributed by atoms with van der Waals surface area (Å²) in [6.07, 6.45) is 4.77. The lowest BCUT2D eigenvalue weighted by molar-refractivity contribution is 0.245. The predicted octanol–water partition coefficient (Wildman–Crippen LogP) is 2.60. The van der Waals surface area contributed by atoms with Crippen LogP contribution in [0.25, 0.3) is 0 Å². The second-order valence-electron chi connectivity index (χ2n) is 7.26. The second kappa shape index (κ2) is 6.29.